The molecule has 1 aromatic rings. The molecule has 0 aromatic carbocycles. The predicted octanol–water partition coefficient (Wildman–Crippen LogP) is 0.487. The van der Waals surface area contributed by atoms with E-state index in [0.29, 0.717) is 12.8 Å². The van der Waals surface area contributed by atoms with E-state index in [9.17, 15) is 8.42 Å². The molecule has 17 heavy (non-hydrogen) atoms. The Labute approximate surface area is 101 Å². The molecule has 2 rings (SSSR count). The quantitative estimate of drug-likeness (QED) is 0.786. The van der Waals surface area contributed by atoms with Gasteiger partial charge in [-0.2, -0.15) is 14.7 Å². The Balaban J connectivity index is 2.37. The van der Waals surface area contributed by atoms with Crippen LogP contribution in [0.2, 0.25) is 0 Å². The predicted molar refractivity (Wildman–Crippen MR) is 60.4 cm³/mol. The van der Waals surface area contributed by atoms with Gasteiger partial charge < -0.3 is 0 Å². The molecule has 0 unspecified atom stereocenters. The van der Waals surface area contributed by atoms with Gasteiger partial charge in [0.25, 0.3) is 0 Å². The summed E-state index contributed by atoms with van der Waals surface area (Å²) in [6, 6.07) is 2.12. The number of rotatable bonds is 3. The Morgan fingerprint density at radius 2 is 2.24 bits per heavy atom. The van der Waals surface area contributed by atoms with Crippen LogP contribution in [-0.2, 0) is 17.1 Å². The van der Waals surface area contributed by atoms with Crippen LogP contribution >= 0.6 is 0 Å². The summed E-state index contributed by atoms with van der Waals surface area (Å²) in [4.78, 5) is 0.129. The highest BCUT2D eigenvalue weighted by atomic mass is 32.2. The van der Waals surface area contributed by atoms with E-state index in [-0.39, 0.29) is 4.90 Å². The number of hydrogen-bond acceptors (Lipinski definition) is 4. The van der Waals surface area contributed by atoms with E-state index in [2.05, 4.69) is 11.2 Å². The molecule has 0 radical (unpaired) electrons. The van der Waals surface area contributed by atoms with Crippen LogP contribution in [0.15, 0.2) is 17.3 Å². The first kappa shape index (κ1) is 12.1. The van der Waals surface area contributed by atoms with Crippen molar-refractivity contribution < 1.29 is 8.42 Å². The Bertz CT molecular complexity index is 565. The lowest BCUT2D eigenvalue weighted by atomic mass is 9.78. The first-order valence-corrected chi connectivity index (χ1v) is 6.75. The molecule has 0 amide bonds. The van der Waals surface area contributed by atoms with Crippen molar-refractivity contribution >= 4 is 10.0 Å². The third kappa shape index (κ3) is 1.73. The van der Waals surface area contributed by atoms with Crippen LogP contribution in [-0.4, -0.2) is 35.1 Å². The minimum absolute atomic E-state index is 0.129. The first-order valence-electron chi connectivity index (χ1n) is 5.31. The molecule has 92 valence electrons. The molecular formula is C10H14N4O2S. The summed E-state index contributed by atoms with van der Waals surface area (Å²) in [5.41, 5.74) is -0.866. The summed E-state index contributed by atoms with van der Waals surface area (Å²) < 4.78 is 27.1. The van der Waals surface area contributed by atoms with Gasteiger partial charge in [0.1, 0.15) is 10.4 Å². The summed E-state index contributed by atoms with van der Waals surface area (Å²) in [5.74, 6) is 0. The van der Waals surface area contributed by atoms with Crippen molar-refractivity contribution in [2.24, 2.45) is 7.05 Å². The molecule has 0 atom stereocenters. The van der Waals surface area contributed by atoms with Crippen LogP contribution in [0.25, 0.3) is 0 Å². The average Bonchev–Trinajstić information content (AvgIpc) is 2.64. The van der Waals surface area contributed by atoms with Crippen LogP contribution in [0.3, 0.4) is 0 Å². The smallest absolute Gasteiger partial charge is 0.247 e. The largest absolute Gasteiger partial charge is 0.274 e. The number of nitriles is 1. The molecular weight excluding hydrogens is 240 g/mol. The topological polar surface area (TPSA) is 79.0 Å². The fourth-order valence-electron chi connectivity index (χ4n) is 1.93. The van der Waals surface area contributed by atoms with Crippen LogP contribution in [0.4, 0.5) is 0 Å². The fourth-order valence-corrected chi connectivity index (χ4v) is 3.39. The van der Waals surface area contributed by atoms with Gasteiger partial charge in [-0.3, -0.25) is 4.68 Å². The molecule has 0 saturated heterocycles. The molecule has 1 saturated carbocycles. The maximum absolute atomic E-state index is 12.3. The second-order valence-corrected chi connectivity index (χ2v) is 6.29. The fraction of sp³-hybridized carbons (Fsp3) is 0.600. The van der Waals surface area contributed by atoms with E-state index in [1.807, 2.05) is 0 Å². The van der Waals surface area contributed by atoms with Crippen molar-refractivity contribution in [3.63, 3.8) is 0 Å². The zero-order valence-electron chi connectivity index (χ0n) is 9.79. The summed E-state index contributed by atoms with van der Waals surface area (Å²) in [6.07, 6.45) is 4.82. The number of aryl methyl sites for hydroxylation is 1. The molecule has 1 aromatic heterocycles. The molecule has 1 aliphatic carbocycles. The minimum atomic E-state index is -3.62. The zero-order valence-corrected chi connectivity index (χ0v) is 10.6. The maximum Gasteiger partial charge on any atom is 0.247 e. The van der Waals surface area contributed by atoms with Gasteiger partial charge in [-0.05, 0) is 19.3 Å². The van der Waals surface area contributed by atoms with E-state index in [0.717, 1.165) is 6.42 Å². The molecule has 0 aliphatic heterocycles. The van der Waals surface area contributed by atoms with E-state index in [1.54, 1.807) is 7.05 Å². The van der Waals surface area contributed by atoms with Crippen molar-refractivity contribution in [2.75, 3.05) is 7.05 Å². The Hall–Kier alpha value is -1.39. The van der Waals surface area contributed by atoms with Crippen LogP contribution in [0.5, 0.6) is 0 Å². The first-order chi connectivity index (χ1) is 7.92. The number of aromatic nitrogens is 2. The molecule has 1 fully saturated rings. The molecule has 0 N–H and O–H groups in total. The Kier molecular flexibility index (Phi) is 2.72. The zero-order chi connectivity index (χ0) is 12.7. The molecule has 0 spiro atoms. The van der Waals surface area contributed by atoms with Crippen LogP contribution < -0.4 is 0 Å². The van der Waals surface area contributed by atoms with Crippen LogP contribution in [0, 0.1) is 11.3 Å². The number of sulfonamides is 1. The molecule has 1 heterocycles. The summed E-state index contributed by atoms with van der Waals surface area (Å²) in [7, 11) is -0.503. The van der Waals surface area contributed by atoms with E-state index in [1.165, 1.54) is 28.4 Å². The Morgan fingerprint density at radius 1 is 1.59 bits per heavy atom. The number of nitrogens with zero attached hydrogens (tertiary/aromatic N) is 4. The SMILES string of the molecule is CN(C1(C#N)CCC1)S(=O)(=O)c1cnn(C)c1. The summed E-state index contributed by atoms with van der Waals surface area (Å²) in [5, 5.41) is 13.0. The van der Waals surface area contributed by atoms with Gasteiger partial charge in [0, 0.05) is 20.3 Å². The van der Waals surface area contributed by atoms with Gasteiger partial charge >= 0.3 is 0 Å². The molecule has 0 bridgehead atoms. The van der Waals surface area contributed by atoms with E-state index < -0.39 is 15.6 Å². The highest BCUT2D eigenvalue weighted by Gasteiger charge is 2.47. The highest BCUT2D eigenvalue weighted by molar-refractivity contribution is 7.89. The highest BCUT2D eigenvalue weighted by Crippen LogP contribution is 2.39. The van der Waals surface area contributed by atoms with Crippen molar-refractivity contribution in [3.05, 3.63) is 12.4 Å². The van der Waals surface area contributed by atoms with Gasteiger partial charge in [0.15, 0.2) is 0 Å². The van der Waals surface area contributed by atoms with Crippen molar-refractivity contribution in [1.29, 1.82) is 5.26 Å². The monoisotopic (exact) mass is 254 g/mol. The lowest BCUT2D eigenvalue weighted by Gasteiger charge is -2.41. The average molecular weight is 254 g/mol. The standard InChI is InChI=1S/C10H14N4O2S/c1-13-7-9(6-12-13)17(15,16)14(2)10(8-11)4-3-5-10/h6-7H,3-5H2,1-2H3. The van der Waals surface area contributed by atoms with E-state index >= 15 is 0 Å². The van der Waals surface area contributed by atoms with Crippen molar-refractivity contribution in [3.8, 4) is 6.07 Å². The lowest BCUT2D eigenvalue weighted by Crippen LogP contribution is -2.53. The second kappa shape index (κ2) is 3.82. The van der Waals surface area contributed by atoms with Gasteiger partial charge in [-0.15, -0.1) is 0 Å². The molecule has 6 nitrogen and oxygen atoms in total. The van der Waals surface area contributed by atoms with Gasteiger partial charge in [0.2, 0.25) is 10.0 Å². The second-order valence-electron chi connectivity index (χ2n) is 4.32. The van der Waals surface area contributed by atoms with Gasteiger partial charge in [0.05, 0.1) is 12.3 Å². The van der Waals surface area contributed by atoms with Crippen LogP contribution in [0.1, 0.15) is 19.3 Å². The molecule has 1 aliphatic rings. The van der Waals surface area contributed by atoms with Gasteiger partial charge in [-0.25, -0.2) is 8.42 Å². The third-order valence-corrected chi connectivity index (χ3v) is 5.21. The van der Waals surface area contributed by atoms with Gasteiger partial charge in [-0.1, -0.05) is 0 Å². The lowest BCUT2D eigenvalue weighted by molar-refractivity contribution is 0.171. The Morgan fingerprint density at radius 3 is 2.59 bits per heavy atom. The minimum Gasteiger partial charge on any atom is -0.274 e. The summed E-state index contributed by atoms with van der Waals surface area (Å²) in [6.45, 7) is 0. The normalized spacial score (nSPS) is 18.7. The maximum atomic E-state index is 12.3. The van der Waals surface area contributed by atoms with Crippen molar-refractivity contribution in [2.45, 2.75) is 29.7 Å². The number of hydrogen-bond donors (Lipinski definition) is 0. The van der Waals surface area contributed by atoms with Crippen molar-refractivity contribution in [1.82, 2.24) is 14.1 Å². The third-order valence-electron chi connectivity index (χ3n) is 3.33. The van der Waals surface area contributed by atoms with E-state index in [4.69, 9.17) is 5.26 Å². The summed E-state index contributed by atoms with van der Waals surface area (Å²) >= 11 is 0. The molecule has 7 heteroatoms.